The third kappa shape index (κ3) is 2.29. The van der Waals surface area contributed by atoms with Gasteiger partial charge in [0.2, 0.25) is 11.8 Å². The highest BCUT2D eigenvalue weighted by Gasteiger charge is 2.43. The summed E-state index contributed by atoms with van der Waals surface area (Å²) in [6.07, 6.45) is 0. The van der Waals surface area contributed by atoms with Crippen molar-refractivity contribution < 1.29 is 14.4 Å². The van der Waals surface area contributed by atoms with Crippen LogP contribution < -0.4 is 10.2 Å². The molecule has 1 fully saturated rings. The number of barbiturate groups is 1. The van der Waals surface area contributed by atoms with Gasteiger partial charge in [-0.1, -0.05) is 37.6 Å². The SMILES string of the molecule is Cc1cccc(Cl)c1N1C(=O)NC(=O)C(C(C)C)C1=O. The molecule has 0 saturated carbocycles. The Balaban J connectivity index is 2.52. The van der Waals surface area contributed by atoms with Gasteiger partial charge in [-0.15, -0.1) is 0 Å². The third-order valence-corrected chi connectivity index (χ3v) is 3.59. The van der Waals surface area contributed by atoms with Crippen LogP contribution in [0.3, 0.4) is 0 Å². The molecule has 0 spiro atoms. The first-order chi connectivity index (χ1) is 9.34. The first-order valence-electron chi connectivity index (χ1n) is 6.28. The fourth-order valence-corrected chi connectivity index (χ4v) is 2.60. The van der Waals surface area contributed by atoms with Crippen LogP contribution in [0.2, 0.25) is 5.02 Å². The van der Waals surface area contributed by atoms with Crippen LogP contribution in [0.25, 0.3) is 0 Å². The summed E-state index contributed by atoms with van der Waals surface area (Å²) >= 11 is 6.10. The smallest absolute Gasteiger partial charge is 0.277 e. The second-order valence-corrected chi connectivity index (χ2v) is 5.50. The predicted octanol–water partition coefficient (Wildman–Crippen LogP) is 2.50. The molecule has 1 saturated heterocycles. The van der Waals surface area contributed by atoms with Gasteiger partial charge in [0.05, 0.1) is 10.7 Å². The maximum atomic E-state index is 12.5. The number of anilines is 1. The van der Waals surface area contributed by atoms with Crippen LogP contribution in [0.15, 0.2) is 18.2 Å². The number of halogens is 1. The van der Waals surface area contributed by atoms with Crippen LogP contribution in [-0.4, -0.2) is 17.8 Å². The minimum absolute atomic E-state index is 0.208. The van der Waals surface area contributed by atoms with E-state index in [4.69, 9.17) is 11.6 Å². The Bertz CT molecular complexity index is 578. The number of imide groups is 2. The Kier molecular flexibility index (Phi) is 3.81. The molecule has 1 unspecified atom stereocenters. The topological polar surface area (TPSA) is 66.5 Å². The molecule has 1 aromatic rings. The molecule has 0 aromatic heterocycles. The molecule has 20 heavy (non-hydrogen) atoms. The first-order valence-corrected chi connectivity index (χ1v) is 6.66. The van der Waals surface area contributed by atoms with Crippen molar-refractivity contribution >= 4 is 35.1 Å². The Morgan fingerprint density at radius 3 is 2.45 bits per heavy atom. The summed E-state index contributed by atoms with van der Waals surface area (Å²) in [6, 6.07) is 4.33. The van der Waals surface area contributed by atoms with E-state index in [0.717, 1.165) is 4.90 Å². The van der Waals surface area contributed by atoms with Crippen molar-refractivity contribution in [3.8, 4) is 0 Å². The van der Waals surface area contributed by atoms with E-state index < -0.39 is 23.8 Å². The monoisotopic (exact) mass is 294 g/mol. The number of hydrogen-bond acceptors (Lipinski definition) is 3. The molecule has 1 N–H and O–H groups in total. The Morgan fingerprint density at radius 1 is 1.25 bits per heavy atom. The van der Waals surface area contributed by atoms with Crippen LogP contribution in [-0.2, 0) is 9.59 Å². The van der Waals surface area contributed by atoms with Gasteiger partial charge < -0.3 is 0 Å². The molecule has 6 heteroatoms. The lowest BCUT2D eigenvalue weighted by Crippen LogP contribution is -2.59. The quantitative estimate of drug-likeness (QED) is 0.852. The van der Waals surface area contributed by atoms with Crippen LogP contribution in [0, 0.1) is 18.8 Å². The van der Waals surface area contributed by atoms with E-state index in [0.29, 0.717) is 16.3 Å². The van der Waals surface area contributed by atoms with Crippen molar-refractivity contribution in [2.75, 3.05) is 4.90 Å². The molecular formula is C14H15ClN2O3. The van der Waals surface area contributed by atoms with Crippen LogP contribution in [0.5, 0.6) is 0 Å². The second-order valence-electron chi connectivity index (χ2n) is 5.10. The minimum atomic E-state index is -0.886. The summed E-state index contributed by atoms with van der Waals surface area (Å²) in [5, 5.41) is 2.51. The van der Waals surface area contributed by atoms with Gasteiger partial charge in [-0.2, -0.15) is 0 Å². The number of aryl methyl sites for hydroxylation is 1. The van der Waals surface area contributed by atoms with Gasteiger partial charge in [0, 0.05) is 0 Å². The maximum Gasteiger partial charge on any atom is 0.335 e. The summed E-state index contributed by atoms with van der Waals surface area (Å²) in [6.45, 7) is 5.27. The molecule has 1 heterocycles. The van der Waals surface area contributed by atoms with Crippen molar-refractivity contribution in [1.29, 1.82) is 0 Å². The van der Waals surface area contributed by atoms with E-state index in [1.165, 1.54) is 0 Å². The van der Waals surface area contributed by atoms with Crippen molar-refractivity contribution in [2.45, 2.75) is 20.8 Å². The number of nitrogens with zero attached hydrogens (tertiary/aromatic N) is 1. The molecule has 1 aliphatic rings. The summed E-state index contributed by atoms with van der Waals surface area (Å²) in [5.74, 6) is -2.19. The lowest BCUT2D eigenvalue weighted by atomic mass is 9.91. The highest BCUT2D eigenvalue weighted by molar-refractivity contribution is 6.37. The number of carbonyl (C=O) groups excluding carboxylic acids is 3. The minimum Gasteiger partial charge on any atom is -0.277 e. The molecule has 5 nitrogen and oxygen atoms in total. The molecular weight excluding hydrogens is 280 g/mol. The van der Waals surface area contributed by atoms with Gasteiger partial charge >= 0.3 is 6.03 Å². The maximum absolute atomic E-state index is 12.5. The zero-order valence-corrected chi connectivity index (χ0v) is 12.2. The van der Waals surface area contributed by atoms with Gasteiger partial charge in [0.15, 0.2) is 0 Å². The number of nitrogens with one attached hydrogen (secondary N) is 1. The number of para-hydroxylation sites is 1. The summed E-state index contributed by atoms with van der Waals surface area (Å²) in [5.41, 5.74) is 1.02. The zero-order valence-electron chi connectivity index (χ0n) is 11.4. The Morgan fingerprint density at radius 2 is 1.90 bits per heavy atom. The predicted molar refractivity (Wildman–Crippen MR) is 75.5 cm³/mol. The van der Waals surface area contributed by atoms with E-state index in [1.807, 2.05) is 0 Å². The largest absolute Gasteiger partial charge is 0.335 e. The first kappa shape index (κ1) is 14.5. The van der Waals surface area contributed by atoms with Crippen molar-refractivity contribution in [3.05, 3.63) is 28.8 Å². The summed E-state index contributed by atoms with van der Waals surface area (Å²) < 4.78 is 0. The van der Waals surface area contributed by atoms with Gasteiger partial charge in [0.1, 0.15) is 5.92 Å². The van der Waals surface area contributed by atoms with Crippen LogP contribution in [0.1, 0.15) is 19.4 Å². The van der Waals surface area contributed by atoms with Crippen molar-refractivity contribution in [2.24, 2.45) is 11.8 Å². The van der Waals surface area contributed by atoms with E-state index in [1.54, 1.807) is 39.0 Å². The van der Waals surface area contributed by atoms with Crippen LogP contribution in [0.4, 0.5) is 10.5 Å². The Labute approximate surface area is 121 Å². The molecule has 1 aromatic carbocycles. The number of benzene rings is 1. The Hall–Kier alpha value is -1.88. The van der Waals surface area contributed by atoms with Gasteiger partial charge in [-0.3, -0.25) is 14.9 Å². The summed E-state index contributed by atoms with van der Waals surface area (Å²) in [4.78, 5) is 37.2. The molecule has 1 aliphatic heterocycles. The van der Waals surface area contributed by atoms with Gasteiger partial charge in [-0.05, 0) is 24.5 Å². The fraction of sp³-hybridized carbons (Fsp3) is 0.357. The molecule has 1 atom stereocenters. The van der Waals surface area contributed by atoms with E-state index in [2.05, 4.69) is 5.32 Å². The number of amides is 4. The highest BCUT2D eigenvalue weighted by atomic mass is 35.5. The van der Waals surface area contributed by atoms with E-state index in [9.17, 15) is 14.4 Å². The number of rotatable bonds is 2. The molecule has 4 amide bonds. The molecule has 0 aliphatic carbocycles. The third-order valence-electron chi connectivity index (χ3n) is 3.28. The van der Waals surface area contributed by atoms with Crippen molar-refractivity contribution in [3.63, 3.8) is 0 Å². The highest BCUT2D eigenvalue weighted by Crippen LogP contribution is 2.33. The second kappa shape index (κ2) is 5.25. The molecule has 2 rings (SSSR count). The fourth-order valence-electron chi connectivity index (χ4n) is 2.30. The normalized spacial score (nSPS) is 19.6. The lowest BCUT2D eigenvalue weighted by molar-refractivity contribution is -0.136. The number of carbonyl (C=O) groups is 3. The standard InChI is InChI=1S/C14H15ClN2O3/c1-7(2)10-12(18)16-14(20)17(13(10)19)11-8(3)5-4-6-9(11)15/h4-7,10H,1-3H3,(H,16,18,20). The lowest BCUT2D eigenvalue weighted by Gasteiger charge is -2.33. The van der Waals surface area contributed by atoms with Crippen molar-refractivity contribution in [1.82, 2.24) is 5.32 Å². The van der Waals surface area contributed by atoms with E-state index >= 15 is 0 Å². The van der Waals surface area contributed by atoms with E-state index in [-0.39, 0.29) is 5.92 Å². The average molecular weight is 295 g/mol. The van der Waals surface area contributed by atoms with Crippen LogP contribution >= 0.6 is 11.6 Å². The van der Waals surface area contributed by atoms with Gasteiger partial charge in [-0.25, -0.2) is 9.69 Å². The number of urea groups is 1. The molecule has 0 bridgehead atoms. The summed E-state index contributed by atoms with van der Waals surface area (Å²) in [7, 11) is 0. The molecule has 106 valence electrons. The molecule has 0 radical (unpaired) electrons. The number of hydrogen-bond donors (Lipinski definition) is 1. The average Bonchev–Trinajstić information content (AvgIpc) is 2.31. The zero-order chi connectivity index (χ0) is 15.0. The van der Waals surface area contributed by atoms with Gasteiger partial charge in [0.25, 0.3) is 0 Å².